The third-order valence-electron chi connectivity index (χ3n) is 2.96. The maximum atomic E-state index is 13.0. The number of carbonyl (C=O) groups is 1. The average Bonchev–Trinajstić information content (AvgIpc) is 2.46. The van der Waals surface area contributed by atoms with Crippen LogP contribution >= 0.6 is 11.6 Å². The first kappa shape index (κ1) is 16.2. The number of halogens is 2. The first-order chi connectivity index (χ1) is 10.5. The van der Waals surface area contributed by atoms with E-state index in [0.29, 0.717) is 11.4 Å². The molecule has 116 valence electrons. The van der Waals surface area contributed by atoms with Crippen LogP contribution in [0.2, 0.25) is 5.02 Å². The summed E-state index contributed by atoms with van der Waals surface area (Å²) < 4.78 is 14.2. The van der Waals surface area contributed by atoms with E-state index < -0.39 is 11.7 Å². The lowest BCUT2D eigenvalue weighted by Crippen LogP contribution is -2.27. The molecule has 0 bridgehead atoms. The van der Waals surface area contributed by atoms with Crippen molar-refractivity contribution in [2.24, 2.45) is 0 Å². The van der Waals surface area contributed by atoms with E-state index >= 15 is 0 Å². The smallest absolute Gasteiger partial charge is 0.253 e. The lowest BCUT2D eigenvalue weighted by atomic mass is 10.2. The monoisotopic (exact) mass is 323 g/mol. The van der Waals surface area contributed by atoms with E-state index in [1.165, 1.54) is 29.1 Å². The van der Waals surface area contributed by atoms with Crippen molar-refractivity contribution >= 4 is 23.2 Å². The third-order valence-corrected chi connectivity index (χ3v) is 3.25. The van der Waals surface area contributed by atoms with Crippen molar-refractivity contribution in [3.05, 3.63) is 57.5 Å². The van der Waals surface area contributed by atoms with Crippen LogP contribution in [0.5, 0.6) is 0 Å². The fraction of sp³-hybridized carbons (Fsp3) is 0.267. The summed E-state index contributed by atoms with van der Waals surface area (Å²) in [5.74, 6) is -0.985. The Morgan fingerprint density at radius 1 is 1.41 bits per heavy atom. The molecule has 0 aliphatic heterocycles. The van der Waals surface area contributed by atoms with Gasteiger partial charge >= 0.3 is 0 Å². The van der Waals surface area contributed by atoms with Crippen molar-refractivity contribution in [3.8, 4) is 0 Å². The van der Waals surface area contributed by atoms with Gasteiger partial charge in [-0.05, 0) is 24.6 Å². The van der Waals surface area contributed by atoms with Gasteiger partial charge in [-0.25, -0.2) is 9.37 Å². The molecule has 7 heteroatoms. The molecule has 5 nitrogen and oxygen atoms in total. The van der Waals surface area contributed by atoms with E-state index in [1.54, 1.807) is 0 Å². The number of amides is 1. The van der Waals surface area contributed by atoms with E-state index in [1.807, 2.05) is 6.92 Å². The quantitative estimate of drug-likeness (QED) is 0.920. The number of hydrogen-bond donors (Lipinski definition) is 1. The maximum Gasteiger partial charge on any atom is 0.253 e. The Balaban J connectivity index is 2.05. The molecule has 0 unspecified atom stereocenters. The van der Waals surface area contributed by atoms with Gasteiger partial charge in [0.15, 0.2) is 0 Å². The number of nitrogens with zero attached hydrogens (tertiary/aromatic N) is 2. The molecular weight excluding hydrogens is 309 g/mol. The van der Waals surface area contributed by atoms with Crippen LogP contribution in [0.1, 0.15) is 19.0 Å². The SMILES string of the molecule is CCCc1cc(=O)n(CC(=O)Nc2ccc(F)c(Cl)c2)cn1. The Kier molecular flexibility index (Phi) is 5.27. The Labute approximate surface area is 131 Å². The predicted octanol–water partition coefficient (Wildman–Crippen LogP) is 2.63. The number of hydrogen-bond acceptors (Lipinski definition) is 3. The standard InChI is InChI=1S/C15H15ClFN3O2/c1-2-3-10-7-15(22)20(9-18-10)8-14(21)19-11-4-5-13(17)12(16)6-11/h4-7,9H,2-3,8H2,1H3,(H,19,21). The number of rotatable bonds is 5. The second-order valence-corrected chi connectivity index (χ2v) is 5.18. The zero-order chi connectivity index (χ0) is 16.1. The van der Waals surface area contributed by atoms with Gasteiger partial charge in [0.2, 0.25) is 5.91 Å². The van der Waals surface area contributed by atoms with Gasteiger partial charge in [-0.3, -0.25) is 14.2 Å². The predicted molar refractivity (Wildman–Crippen MR) is 82.5 cm³/mol. The van der Waals surface area contributed by atoms with Gasteiger partial charge in [0, 0.05) is 17.4 Å². The number of benzene rings is 1. The summed E-state index contributed by atoms with van der Waals surface area (Å²) >= 11 is 5.64. The first-order valence-corrected chi connectivity index (χ1v) is 7.17. The highest BCUT2D eigenvalue weighted by Gasteiger charge is 2.08. The fourth-order valence-corrected chi connectivity index (χ4v) is 2.08. The van der Waals surface area contributed by atoms with Crippen molar-refractivity contribution < 1.29 is 9.18 Å². The number of nitrogens with one attached hydrogen (secondary N) is 1. The number of carbonyl (C=O) groups excluding carboxylic acids is 1. The summed E-state index contributed by atoms with van der Waals surface area (Å²) in [6.07, 6.45) is 2.96. The molecule has 2 aromatic rings. The van der Waals surface area contributed by atoms with Crippen LogP contribution in [0.3, 0.4) is 0 Å². The summed E-state index contributed by atoms with van der Waals surface area (Å²) in [7, 11) is 0. The lowest BCUT2D eigenvalue weighted by molar-refractivity contribution is -0.116. The van der Waals surface area contributed by atoms with Crippen LogP contribution in [0.25, 0.3) is 0 Å². The van der Waals surface area contributed by atoms with E-state index in [2.05, 4.69) is 10.3 Å². The largest absolute Gasteiger partial charge is 0.324 e. The number of aryl methyl sites for hydroxylation is 1. The first-order valence-electron chi connectivity index (χ1n) is 6.80. The minimum Gasteiger partial charge on any atom is -0.324 e. The number of anilines is 1. The molecule has 0 atom stereocenters. The molecule has 22 heavy (non-hydrogen) atoms. The van der Waals surface area contributed by atoms with Crippen molar-refractivity contribution in [3.63, 3.8) is 0 Å². The Bertz CT molecular complexity index is 746. The molecule has 1 aromatic carbocycles. The van der Waals surface area contributed by atoms with Gasteiger partial charge in [0.1, 0.15) is 12.4 Å². The molecule has 1 N–H and O–H groups in total. The minimum absolute atomic E-state index is 0.0828. The van der Waals surface area contributed by atoms with E-state index in [-0.39, 0.29) is 17.1 Å². The van der Waals surface area contributed by atoms with Gasteiger partial charge in [-0.15, -0.1) is 0 Å². The van der Waals surface area contributed by atoms with Crippen LogP contribution in [0.4, 0.5) is 10.1 Å². The molecule has 1 heterocycles. The van der Waals surface area contributed by atoms with Crippen LogP contribution in [-0.2, 0) is 17.8 Å². The zero-order valence-electron chi connectivity index (χ0n) is 12.0. The summed E-state index contributed by atoms with van der Waals surface area (Å²) in [5.41, 5.74) is 0.778. The van der Waals surface area contributed by atoms with E-state index in [9.17, 15) is 14.0 Å². The molecule has 0 fully saturated rings. The molecule has 0 saturated carbocycles. The Hall–Kier alpha value is -2.21. The highest BCUT2D eigenvalue weighted by atomic mass is 35.5. The van der Waals surface area contributed by atoms with Crippen LogP contribution < -0.4 is 10.9 Å². The van der Waals surface area contributed by atoms with Gasteiger partial charge in [0.05, 0.1) is 11.3 Å². The number of aromatic nitrogens is 2. The molecule has 0 radical (unpaired) electrons. The maximum absolute atomic E-state index is 13.0. The van der Waals surface area contributed by atoms with Crippen molar-refractivity contribution in [2.45, 2.75) is 26.3 Å². The fourth-order valence-electron chi connectivity index (χ4n) is 1.90. The van der Waals surface area contributed by atoms with E-state index in [0.717, 1.165) is 18.9 Å². The molecule has 0 aliphatic carbocycles. The Morgan fingerprint density at radius 2 is 2.18 bits per heavy atom. The minimum atomic E-state index is -0.563. The molecule has 2 rings (SSSR count). The van der Waals surface area contributed by atoms with E-state index in [4.69, 9.17) is 11.6 Å². The second-order valence-electron chi connectivity index (χ2n) is 4.77. The third kappa shape index (κ3) is 4.14. The summed E-state index contributed by atoms with van der Waals surface area (Å²) in [6, 6.07) is 5.28. The van der Waals surface area contributed by atoms with Crippen LogP contribution in [-0.4, -0.2) is 15.5 Å². The summed E-state index contributed by atoms with van der Waals surface area (Å²) in [4.78, 5) is 27.9. The highest BCUT2D eigenvalue weighted by Crippen LogP contribution is 2.19. The molecule has 1 aromatic heterocycles. The highest BCUT2D eigenvalue weighted by molar-refractivity contribution is 6.31. The lowest BCUT2D eigenvalue weighted by Gasteiger charge is -2.08. The zero-order valence-corrected chi connectivity index (χ0v) is 12.7. The summed E-state index contributed by atoms with van der Waals surface area (Å²) in [5, 5.41) is 2.47. The van der Waals surface area contributed by atoms with Crippen molar-refractivity contribution in [2.75, 3.05) is 5.32 Å². The van der Waals surface area contributed by atoms with Crippen molar-refractivity contribution in [1.82, 2.24) is 9.55 Å². The van der Waals surface area contributed by atoms with Gasteiger partial charge in [-0.2, -0.15) is 0 Å². The molecule has 1 amide bonds. The van der Waals surface area contributed by atoms with Gasteiger partial charge in [-0.1, -0.05) is 24.9 Å². The summed E-state index contributed by atoms with van der Waals surface area (Å²) in [6.45, 7) is 1.82. The van der Waals surface area contributed by atoms with Crippen LogP contribution in [0, 0.1) is 5.82 Å². The normalized spacial score (nSPS) is 10.5. The molecule has 0 spiro atoms. The molecule has 0 aliphatic rings. The molecular formula is C15H15ClFN3O2. The van der Waals surface area contributed by atoms with Crippen molar-refractivity contribution in [1.29, 1.82) is 0 Å². The second kappa shape index (κ2) is 7.17. The topological polar surface area (TPSA) is 64.0 Å². The Morgan fingerprint density at radius 3 is 2.82 bits per heavy atom. The van der Waals surface area contributed by atoms with Crippen LogP contribution in [0.15, 0.2) is 35.4 Å². The molecule has 0 saturated heterocycles. The van der Waals surface area contributed by atoms with Gasteiger partial charge in [0.25, 0.3) is 5.56 Å². The van der Waals surface area contributed by atoms with Gasteiger partial charge < -0.3 is 5.32 Å². The average molecular weight is 324 g/mol.